The number of hydrogen-bond donors (Lipinski definition) is 1. The van der Waals surface area contributed by atoms with E-state index in [1.807, 2.05) is 31.2 Å². The first kappa shape index (κ1) is 10.4. The summed E-state index contributed by atoms with van der Waals surface area (Å²) in [5.74, 6) is 0.876. The molecular formula is C11H13N3S. The van der Waals surface area contributed by atoms with Gasteiger partial charge in [0.2, 0.25) is 0 Å². The van der Waals surface area contributed by atoms with Gasteiger partial charge in [0.25, 0.3) is 0 Å². The molecule has 1 aromatic carbocycles. The highest BCUT2D eigenvalue weighted by Gasteiger charge is 2.04. The van der Waals surface area contributed by atoms with Crippen molar-refractivity contribution in [2.45, 2.75) is 18.0 Å². The van der Waals surface area contributed by atoms with Gasteiger partial charge in [0, 0.05) is 17.2 Å². The summed E-state index contributed by atoms with van der Waals surface area (Å²) in [6, 6.07) is 8.20. The van der Waals surface area contributed by atoms with Gasteiger partial charge >= 0.3 is 0 Å². The molecule has 15 heavy (non-hydrogen) atoms. The lowest BCUT2D eigenvalue weighted by Gasteiger charge is -2.06. The minimum atomic E-state index is 0.184. The van der Waals surface area contributed by atoms with Gasteiger partial charge in [-0.2, -0.15) is 0 Å². The Kier molecular flexibility index (Phi) is 3.18. The zero-order chi connectivity index (χ0) is 10.7. The molecule has 0 aliphatic carbocycles. The first-order valence-electron chi connectivity index (χ1n) is 4.85. The highest BCUT2D eigenvalue weighted by Crippen LogP contribution is 2.24. The molecule has 0 spiro atoms. The molecule has 0 radical (unpaired) electrons. The number of para-hydroxylation sites is 1. The monoisotopic (exact) mass is 219 g/mol. The van der Waals surface area contributed by atoms with E-state index in [1.54, 1.807) is 18.1 Å². The average molecular weight is 219 g/mol. The maximum absolute atomic E-state index is 5.72. The number of fused-ring (bicyclic) bond motifs is 1. The Balaban J connectivity index is 2.34. The number of nitrogens with zero attached hydrogens (tertiary/aromatic N) is 2. The molecule has 4 heteroatoms. The summed E-state index contributed by atoms with van der Waals surface area (Å²) >= 11 is 1.68. The van der Waals surface area contributed by atoms with E-state index >= 15 is 0 Å². The molecule has 0 fully saturated rings. The van der Waals surface area contributed by atoms with Gasteiger partial charge in [0.15, 0.2) is 0 Å². The van der Waals surface area contributed by atoms with Gasteiger partial charge in [0.1, 0.15) is 11.4 Å². The predicted molar refractivity (Wildman–Crippen MR) is 63.9 cm³/mol. The maximum atomic E-state index is 5.72. The Bertz CT molecular complexity index is 451. The third-order valence-electron chi connectivity index (χ3n) is 1.99. The minimum absolute atomic E-state index is 0.184. The molecule has 3 nitrogen and oxygen atoms in total. The van der Waals surface area contributed by atoms with Crippen molar-refractivity contribution in [3.8, 4) is 0 Å². The molecule has 78 valence electrons. The first-order valence-corrected chi connectivity index (χ1v) is 5.84. The SMILES string of the molecule is CC(N)CSc1ncnc2ccccc12. The highest BCUT2D eigenvalue weighted by atomic mass is 32.2. The summed E-state index contributed by atoms with van der Waals surface area (Å²) in [7, 11) is 0. The van der Waals surface area contributed by atoms with Crippen LogP contribution in [0.3, 0.4) is 0 Å². The lowest BCUT2D eigenvalue weighted by Crippen LogP contribution is -2.17. The van der Waals surface area contributed by atoms with Gasteiger partial charge in [-0.25, -0.2) is 9.97 Å². The van der Waals surface area contributed by atoms with Crippen molar-refractivity contribution < 1.29 is 0 Å². The van der Waals surface area contributed by atoms with Crippen LogP contribution in [0.2, 0.25) is 0 Å². The van der Waals surface area contributed by atoms with E-state index in [-0.39, 0.29) is 6.04 Å². The fourth-order valence-corrected chi connectivity index (χ4v) is 2.18. The number of hydrogen-bond acceptors (Lipinski definition) is 4. The Morgan fingerprint density at radius 2 is 2.13 bits per heavy atom. The lowest BCUT2D eigenvalue weighted by atomic mass is 10.2. The van der Waals surface area contributed by atoms with E-state index < -0.39 is 0 Å². The van der Waals surface area contributed by atoms with Gasteiger partial charge in [0.05, 0.1) is 5.52 Å². The molecule has 1 heterocycles. The Hall–Kier alpha value is -1.13. The van der Waals surface area contributed by atoms with Crippen LogP contribution in [0.5, 0.6) is 0 Å². The van der Waals surface area contributed by atoms with E-state index in [1.165, 1.54) is 0 Å². The Morgan fingerprint density at radius 1 is 1.33 bits per heavy atom. The van der Waals surface area contributed by atoms with Gasteiger partial charge in [-0.3, -0.25) is 0 Å². The van der Waals surface area contributed by atoms with Crippen LogP contribution in [0.25, 0.3) is 10.9 Å². The highest BCUT2D eigenvalue weighted by molar-refractivity contribution is 7.99. The molecule has 2 N–H and O–H groups in total. The van der Waals surface area contributed by atoms with E-state index in [0.29, 0.717) is 0 Å². The van der Waals surface area contributed by atoms with Gasteiger partial charge in [-0.15, -0.1) is 11.8 Å². The largest absolute Gasteiger partial charge is 0.327 e. The molecule has 0 saturated heterocycles. The molecule has 0 aliphatic rings. The van der Waals surface area contributed by atoms with Crippen LogP contribution >= 0.6 is 11.8 Å². The standard InChI is InChI=1S/C11H13N3S/c1-8(12)6-15-11-9-4-2-3-5-10(9)13-7-14-11/h2-5,7-8H,6,12H2,1H3. The van der Waals surface area contributed by atoms with Crippen LogP contribution in [0.15, 0.2) is 35.6 Å². The van der Waals surface area contributed by atoms with Crippen molar-refractivity contribution in [1.29, 1.82) is 0 Å². The van der Waals surface area contributed by atoms with Crippen molar-refractivity contribution in [3.05, 3.63) is 30.6 Å². The quantitative estimate of drug-likeness (QED) is 0.634. The zero-order valence-electron chi connectivity index (χ0n) is 8.55. The minimum Gasteiger partial charge on any atom is -0.327 e. The fourth-order valence-electron chi connectivity index (χ4n) is 1.31. The third kappa shape index (κ3) is 2.46. The van der Waals surface area contributed by atoms with Crippen molar-refractivity contribution >= 4 is 22.7 Å². The number of aromatic nitrogens is 2. The molecule has 1 unspecified atom stereocenters. The summed E-state index contributed by atoms with van der Waals surface area (Å²) in [6.45, 7) is 2.00. The van der Waals surface area contributed by atoms with E-state index in [4.69, 9.17) is 5.73 Å². The first-order chi connectivity index (χ1) is 7.27. The second kappa shape index (κ2) is 4.59. The van der Waals surface area contributed by atoms with Crippen molar-refractivity contribution in [2.75, 3.05) is 5.75 Å². The van der Waals surface area contributed by atoms with Crippen molar-refractivity contribution in [2.24, 2.45) is 5.73 Å². The van der Waals surface area contributed by atoms with Crippen LogP contribution in [0, 0.1) is 0 Å². The molecule has 0 aliphatic heterocycles. The summed E-state index contributed by atoms with van der Waals surface area (Å²) in [5.41, 5.74) is 6.71. The smallest absolute Gasteiger partial charge is 0.117 e. The number of nitrogens with two attached hydrogens (primary N) is 1. The Labute approximate surface area is 93.1 Å². The van der Waals surface area contributed by atoms with Crippen LogP contribution in [-0.2, 0) is 0 Å². The topological polar surface area (TPSA) is 51.8 Å². The predicted octanol–water partition coefficient (Wildman–Crippen LogP) is 2.07. The van der Waals surface area contributed by atoms with Gasteiger partial charge in [-0.1, -0.05) is 18.2 Å². The van der Waals surface area contributed by atoms with Crippen LogP contribution in [0.4, 0.5) is 0 Å². The van der Waals surface area contributed by atoms with E-state index in [0.717, 1.165) is 21.7 Å². The normalized spacial score (nSPS) is 12.9. The van der Waals surface area contributed by atoms with Gasteiger partial charge < -0.3 is 5.73 Å². The van der Waals surface area contributed by atoms with E-state index in [9.17, 15) is 0 Å². The zero-order valence-corrected chi connectivity index (χ0v) is 9.37. The lowest BCUT2D eigenvalue weighted by molar-refractivity contribution is 0.846. The van der Waals surface area contributed by atoms with Crippen LogP contribution < -0.4 is 5.73 Å². The summed E-state index contributed by atoms with van der Waals surface area (Å²) < 4.78 is 0. The van der Waals surface area contributed by atoms with Crippen molar-refractivity contribution in [1.82, 2.24) is 9.97 Å². The second-order valence-corrected chi connectivity index (χ2v) is 4.49. The fraction of sp³-hybridized carbons (Fsp3) is 0.273. The maximum Gasteiger partial charge on any atom is 0.117 e. The molecule has 1 aromatic heterocycles. The molecule has 0 bridgehead atoms. The molecule has 1 atom stereocenters. The third-order valence-corrected chi connectivity index (χ3v) is 3.28. The van der Waals surface area contributed by atoms with Crippen molar-refractivity contribution in [3.63, 3.8) is 0 Å². The number of thioether (sulfide) groups is 1. The van der Waals surface area contributed by atoms with Crippen LogP contribution in [-0.4, -0.2) is 21.8 Å². The van der Waals surface area contributed by atoms with Gasteiger partial charge in [-0.05, 0) is 13.0 Å². The average Bonchev–Trinajstić information content (AvgIpc) is 2.26. The molecule has 0 amide bonds. The molecular weight excluding hydrogens is 206 g/mol. The second-order valence-electron chi connectivity index (χ2n) is 3.48. The van der Waals surface area contributed by atoms with E-state index in [2.05, 4.69) is 9.97 Å². The summed E-state index contributed by atoms with van der Waals surface area (Å²) in [4.78, 5) is 8.49. The summed E-state index contributed by atoms with van der Waals surface area (Å²) in [6.07, 6.45) is 1.60. The number of rotatable bonds is 3. The number of benzene rings is 1. The molecule has 2 aromatic rings. The molecule has 0 saturated carbocycles. The molecule has 2 rings (SSSR count). The Morgan fingerprint density at radius 3 is 2.93 bits per heavy atom. The van der Waals surface area contributed by atoms with Crippen LogP contribution in [0.1, 0.15) is 6.92 Å². The summed E-state index contributed by atoms with van der Waals surface area (Å²) in [5, 5.41) is 2.11.